The SMILES string of the molecule is CNC(=O)[C@H](Cc1ccccc1)NC(=O)C(CC(C)C)NC(=O)C(Br)CCCN1C(=O)c2ccccc2C1=O. The number of amides is 5. The lowest BCUT2D eigenvalue weighted by molar-refractivity contribution is -0.132. The molecule has 0 aromatic heterocycles. The molecule has 1 aliphatic rings. The van der Waals surface area contributed by atoms with Crippen molar-refractivity contribution < 1.29 is 24.0 Å². The number of rotatable bonds is 13. The third-order valence-electron chi connectivity index (χ3n) is 6.50. The van der Waals surface area contributed by atoms with Crippen LogP contribution >= 0.6 is 15.9 Å². The van der Waals surface area contributed by atoms with Gasteiger partial charge in [-0.1, -0.05) is 72.2 Å². The summed E-state index contributed by atoms with van der Waals surface area (Å²) in [6.45, 7) is 4.08. The lowest BCUT2D eigenvalue weighted by atomic mass is 10.0. The minimum absolute atomic E-state index is 0.108. The average Bonchev–Trinajstić information content (AvgIpc) is 3.16. The van der Waals surface area contributed by atoms with Crippen molar-refractivity contribution >= 4 is 45.5 Å². The van der Waals surface area contributed by atoms with Crippen LogP contribution in [-0.4, -0.2) is 64.9 Å². The zero-order valence-corrected chi connectivity index (χ0v) is 24.0. The van der Waals surface area contributed by atoms with Crippen LogP contribution in [0.2, 0.25) is 0 Å². The van der Waals surface area contributed by atoms with Gasteiger partial charge in [-0.05, 0) is 42.9 Å². The molecule has 10 heteroatoms. The molecule has 0 saturated carbocycles. The Bertz CT molecular complexity index is 1170. The molecule has 2 aromatic rings. The number of hydrogen-bond acceptors (Lipinski definition) is 5. The first-order chi connectivity index (χ1) is 18.6. The molecule has 9 nitrogen and oxygen atoms in total. The fourth-order valence-corrected chi connectivity index (χ4v) is 4.93. The molecule has 5 amide bonds. The standard InChI is InChI=1S/C29H35BrN4O5/c1-18(2)16-23(27(37)33-24(26(36)31-3)17-19-10-5-4-6-11-19)32-25(35)22(30)14-9-15-34-28(38)20-12-7-8-13-21(20)29(34)39/h4-8,10-13,18,22-24H,9,14-17H2,1-3H3,(H,31,36)(H,32,35)(H,33,37)/t22?,23?,24-/m0/s1. The summed E-state index contributed by atoms with van der Waals surface area (Å²) in [5, 5.41) is 8.20. The summed E-state index contributed by atoms with van der Waals surface area (Å²) in [5.41, 5.74) is 1.68. The normalized spacial score (nSPS) is 14.9. The largest absolute Gasteiger partial charge is 0.357 e. The number of nitrogens with one attached hydrogen (secondary N) is 3. The second kappa shape index (κ2) is 14.0. The number of likely N-dealkylation sites (N-methyl/N-ethyl adjacent to an activating group) is 1. The van der Waals surface area contributed by atoms with Crippen molar-refractivity contribution in [1.29, 1.82) is 0 Å². The Balaban J connectivity index is 1.57. The van der Waals surface area contributed by atoms with E-state index in [1.165, 1.54) is 11.9 Å². The van der Waals surface area contributed by atoms with Crippen LogP contribution in [0.5, 0.6) is 0 Å². The smallest absolute Gasteiger partial charge is 0.261 e. The number of fused-ring (bicyclic) bond motifs is 1. The Hall–Kier alpha value is -3.53. The van der Waals surface area contributed by atoms with Gasteiger partial charge in [0, 0.05) is 20.0 Å². The molecule has 0 aliphatic carbocycles. The van der Waals surface area contributed by atoms with Crippen molar-refractivity contribution in [3.63, 3.8) is 0 Å². The third kappa shape index (κ3) is 7.98. The summed E-state index contributed by atoms with van der Waals surface area (Å²) >= 11 is 3.39. The second-order valence-electron chi connectivity index (χ2n) is 9.97. The highest BCUT2D eigenvalue weighted by atomic mass is 79.9. The van der Waals surface area contributed by atoms with E-state index in [9.17, 15) is 24.0 Å². The highest BCUT2D eigenvalue weighted by molar-refractivity contribution is 9.10. The van der Waals surface area contributed by atoms with E-state index < -0.39 is 22.8 Å². The minimum Gasteiger partial charge on any atom is -0.357 e. The molecule has 1 heterocycles. The topological polar surface area (TPSA) is 125 Å². The van der Waals surface area contributed by atoms with Gasteiger partial charge in [0.1, 0.15) is 12.1 Å². The minimum atomic E-state index is -0.836. The molecule has 0 saturated heterocycles. The highest BCUT2D eigenvalue weighted by Gasteiger charge is 2.35. The van der Waals surface area contributed by atoms with Gasteiger partial charge in [-0.3, -0.25) is 28.9 Å². The van der Waals surface area contributed by atoms with Gasteiger partial charge >= 0.3 is 0 Å². The van der Waals surface area contributed by atoms with E-state index in [0.717, 1.165) is 5.56 Å². The number of benzene rings is 2. The summed E-state index contributed by atoms with van der Waals surface area (Å²) in [4.78, 5) is 64.4. The second-order valence-corrected chi connectivity index (χ2v) is 11.1. The monoisotopic (exact) mass is 598 g/mol. The molecular weight excluding hydrogens is 564 g/mol. The number of alkyl halides is 1. The summed E-state index contributed by atoms with van der Waals surface area (Å²) in [6.07, 6.45) is 1.46. The Kier molecular flexibility index (Phi) is 10.8. The van der Waals surface area contributed by atoms with Gasteiger partial charge in [-0.2, -0.15) is 0 Å². The highest BCUT2D eigenvalue weighted by Crippen LogP contribution is 2.23. The maximum absolute atomic E-state index is 13.2. The lowest BCUT2D eigenvalue weighted by Gasteiger charge is -2.25. The van der Waals surface area contributed by atoms with E-state index in [0.29, 0.717) is 36.8 Å². The molecule has 2 unspecified atom stereocenters. The van der Waals surface area contributed by atoms with Gasteiger partial charge in [0.15, 0.2) is 0 Å². The molecule has 0 bridgehead atoms. The molecular formula is C29H35BrN4O5. The quantitative estimate of drug-likeness (QED) is 0.241. The van der Waals surface area contributed by atoms with Crippen molar-refractivity contribution in [3.8, 4) is 0 Å². The summed E-state index contributed by atoms with van der Waals surface area (Å²) in [5.74, 6) is -1.70. The number of hydrogen-bond donors (Lipinski definition) is 3. The predicted octanol–water partition coefficient (Wildman–Crippen LogP) is 2.83. The number of carbonyl (C=O) groups is 5. The van der Waals surface area contributed by atoms with Crippen molar-refractivity contribution in [1.82, 2.24) is 20.9 Å². The van der Waals surface area contributed by atoms with Gasteiger partial charge < -0.3 is 16.0 Å². The van der Waals surface area contributed by atoms with E-state index in [1.807, 2.05) is 44.2 Å². The number of imide groups is 1. The fraction of sp³-hybridized carbons (Fsp3) is 0.414. The van der Waals surface area contributed by atoms with Crippen molar-refractivity contribution in [2.24, 2.45) is 5.92 Å². The van der Waals surface area contributed by atoms with Gasteiger partial charge in [0.25, 0.3) is 11.8 Å². The van der Waals surface area contributed by atoms with E-state index in [1.54, 1.807) is 24.3 Å². The van der Waals surface area contributed by atoms with Crippen molar-refractivity contribution in [2.75, 3.05) is 13.6 Å². The van der Waals surface area contributed by atoms with Crippen LogP contribution < -0.4 is 16.0 Å². The first kappa shape index (κ1) is 30.0. The fourth-order valence-electron chi connectivity index (χ4n) is 4.47. The van der Waals surface area contributed by atoms with Gasteiger partial charge in [-0.25, -0.2) is 0 Å². The van der Waals surface area contributed by atoms with Crippen LogP contribution in [-0.2, 0) is 20.8 Å². The molecule has 1 aliphatic heterocycles. The third-order valence-corrected chi connectivity index (χ3v) is 7.38. The van der Waals surface area contributed by atoms with Gasteiger partial charge in [-0.15, -0.1) is 0 Å². The maximum Gasteiger partial charge on any atom is 0.261 e. The first-order valence-electron chi connectivity index (χ1n) is 13.1. The summed E-state index contributed by atoms with van der Waals surface area (Å²) in [7, 11) is 1.51. The van der Waals surface area contributed by atoms with E-state index in [-0.39, 0.29) is 36.1 Å². The van der Waals surface area contributed by atoms with Gasteiger partial charge in [0.05, 0.1) is 16.0 Å². The zero-order chi connectivity index (χ0) is 28.5. The molecule has 3 rings (SSSR count). The average molecular weight is 600 g/mol. The van der Waals surface area contributed by atoms with Crippen LogP contribution in [0.1, 0.15) is 59.4 Å². The van der Waals surface area contributed by atoms with Gasteiger partial charge in [0.2, 0.25) is 17.7 Å². The molecule has 39 heavy (non-hydrogen) atoms. The number of nitrogens with zero attached hydrogens (tertiary/aromatic N) is 1. The maximum atomic E-state index is 13.2. The molecule has 2 aromatic carbocycles. The van der Waals surface area contributed by atoms with Crippen LogP contribution in [0.25, 0.3) is 0 Å². The number of halogens is 1. The molecule has 3 N–H and O–H groups in total. The van der Waals surface area contributed by atoms with Crippen molar-refractivity contribution in [3.05, 3.63) is 71.3 Å². The van der Waals surface area contributed by atoms with Crippen LogP contribution in [0, 0.1) is 5.92 Å². The van der Waals surface area contributed by atoms with Crippen LogP contribution in [0.3, 0.4) is 0 Å². The molecule has 0 radical (unpaired) electrons. The Morgan fingerprint density at radius 3 is 1.95 bits per heavy atom. The Morgan fingerprint density at radius 2 is 1.38 bits per heavy atom. The number of carbonyl (C=O) groups excluding carboxylic acids is 5. The van der Waals surface area contributed by atoms with Crippen LogP contribution in [0.4, 0.5) is 0 Å². The predicted molar refractivity (Wildman–Crippen MR) is 151 cm³/mol. The molecule has 0 fully saturated rings. The summed E-state index contributed by atoms with van der Waals surface area (Å²) in [6, 6.07) is 14.4. The molecule has 3 atom stereocenters. The summed E-state index contributed by atoms with van der Waals surface area (Å²) < 4.78 is 0. The van der Waals surface area contributed by atoms with Crippen LogP contribution in [0.15, 0.2) is 54.6 Å². The Morgan fingerprint density at radius 1 is 0.821 bits per heavy atom. The lowest BCUT2D eigenvalue weighted by Crippen LogP contribution is -2.55. The Labute approximate surface area is 237 Å². The van der Waals surface area contributed by atoms with E-state index in [4.69, 9.17) is 0 Å². The van der Waals surface area contributed by atoms with E-state index >= 15 is 0 Å². The first-order valence-corrected chi connectivity index (χ1v) is 14.0. The molecule has 208 valence electrons. The van der Waals surface area contributed by atoms with E-state index in [2.05, 4.69) is 31.9 Å². The van der Waals surface area contributed by atoms with Crippen molar-refractivity contribution in [2.45, 2.75) is 56.4 Å². The zero-order valence-electron chi connectivity index (χ0n) is 22.4. The molecule has 0 spiro atoms.